The van der Waals surface area contributed by atoms with E-state index in [0.29, 0.717) is 17.6 Å². The largest absolute Gasteiger partial charge is 0.299 e. The summed E-state index contributed by atoms with van der Waals surface area (Å²) in [6.45, 7) is 8.74. The number of Topliss-reactive ketones (excluding diaryl/α,β-unsaturated/α-hetero) is 1. The summed E-state index contributed by atoms with van der Waals surface area (Å²) in [5.41, 5.74) is 0.242. The maximum atomic E-state index is 11.4. The molecule has 2 atom stereocenters. The molecule has 1 saturated carbocycles. The number of rotatable bonds is 1. The second-order valence-corrected chi connectivity index (χ2v) is 4.35. The number of hydrogen-bond donors (Lipinski definition) is 0. The van der Waals surface area contributed by atoms with Crippen LogP contribution in [-0.2, 0) is 4.79 Å². The third-order valence-corrected chi connectivity index (χ3v) is 3.47. The summed E-state index contributed by atoms with van der Waals surface area (Å²) < 4.78 is 0. The fourth-order valence-corrected chi connectivity index (χ4v) is 2.22. The van der Waals surface area contributed by atoms with Gasteiger partial charge in [-0.1, -0.05) is 27.7 Å². The lowest BCUT2D eigenvalue weighted by Gasteiger charge is -2.28. The molecule has 0 N–H and O–H groups in total. The summed E-state index contributed by atoms with van der Waals surface area (Å²) in [4.78, 5) is 11.4. The Bertz CT molecular complexity index is 170. The predicted molar refractivity (Wildman–Crippen MR) is 46.4 cm³/mol. The zero-order chi connectivity index (χ0) is 8.65. The first-order valence-corrected chi connectivity index (χ1v) is 4.52. The van der Waals surface area contributed by atoms with Gasteiger partial charge in [0.15, 0.2) is 0 Å². The molecule has 1 nitrogen and oxygen atoms in total. The first-order chi connectivity index (χ1) is 5.00. The molecule has 1 aliphatic carbocycles. The lowest BCUT2D eigenvalue weighted by Crippen LogP contribution is -2.25. The monoisotopic (exact) mass is 154 g/mol. The van der Waals surface area contributed by atoms with Gasteiger partial charge in [-0.2, -0.15) is 0 Å². The van der Waals surface area contributed by atoms with Gasteiger partial charge in [-0.3, -0.25) is 4.79 Å². The molecule has 11 heavy (non-hydrogen) atoms. The van der Waals surface area contributed by atoms with Crippen LogP contribution in [-0.4, -0.2) is 5.78 Å². The Morgan fingerprint density at radius 1 is 1.55 bits per heavy atom. The van der Waals surface area contributed by atoms with Crippen molar-refractivity contribution in [1.82, 2.24) is 0 Å². The quantitative estimate of drug-likeness (QED) is 0.567. The van der Waals surface area contributed by atoms with Gasteiger partial charge in [0, 0.05) is 12.3 Å². The van der Waals surface area contributed by atoms with Crippen molar-refractivity contribution in [1.29, 1.82) is 0 Å². The van der Waals surface area contributed by atoms with Crippen LogP contribution in [0.2, 0.25) is 0 Å². The average molecular weight is 154 g/mol. The van der Waals surface area contributed by atoms with Gasteiger partial charge >= 0.3 is 0 Å². The SMILES string of the molecule is CC[C@@H]1C(=O)C[C@@H](C)C1(C)C. The molecular weight excluding hydrogens is 136 g/mol. The van der Waals surface area contributed by atoms with Crippen molar-refractivity contribution in [3.63, 3.8) is 0 Å². The average Bonchev–Trinajstić information content (AvgIpc) is 2.04. The molecule has 0 saturated heterocycles. The second kappa shape index (κ2) is 2.62. The van der Waals surface area contributed by atoms with Crippen molar-refractivity contribution in [2.45, 2.75) is 40.5 Å². The summed E-state index contributed by atoms with van der Waals surface area (Å²) in [6, 6.07) is 0. The van der Waals surface area contributed by atoms with Gasteiger partial charge in [-0.25, -0.2) is 0 Å². The van der Waals surface area contributed by atoms with E-state index in [2.05, 4.69) is 27.7 Å². The van der Waals surface area contributed by atoms with Gasteiger partial charge < -0.3 is 0 Å². The van der Waals surface area contributed by atoms with Crippen LogP contribution in [0.3, 0.4) is 0 Å². The molecule has 1 rings (SSSR count). The van der Waals surface area contributed by atoms with Crippen molar-refractivity contribution in [3.05, 3.63) is 0 Å². The molecular formula is C10H18O. The van der Waals surface area contributed by atoms with Gasteiger partial charge in [0.2, 0.25) is 0 Å². The Labute approximate surface area is 69.2 Å². The molecule has 0 radical (unpaired) electrons. The first-order valence-electron chi connectivity index (χ1n) is 4.52. The third-order valence-electron chi connectivity index (χ3n) is 3.47. The minimum atomic E-state index is 0.242. The van der Waals surface area contributed by atoms with Crippen LogP contribution in [0, 0.1) is 17.3 Å². The minimum absolute atomic E-state index is 0.242. The summed E-state index contributed by atoms with van der Waals surface area (Å²) in [7, 11) is 0. The molecule has 0 amide bonds. The summed E-state index contributed by atoms with van der Waals surface area (Å²) in [5, 5.41) is 0. The third kappa shape index (κ3) is 1.21. The van der Waals surface area contributed by atoms with Crippen molar-refractivity contribution in [3.8, 4) is 0 Å². The standard InChI is InChI=1S/C10H18O/c1-5-8-9(11)6-7(2)10(8,3)4/h7-8H,5-6H2,1-4H3/t7-,8-/m1/s1. The van der Waals surface area contributed by atoms with Crippen LogP contribution in [0.15, 0.2) is 0 Å². The Morgan fingerprint density at radius 2 is 2.09 bits per heavy atom. The summed E-state index contributed by atoms with van der Waals surface area (Å²) in [6.07, 6.45) is 1.81. The van der Waals surface area contributed by atoms with Gasteiger partial charge in [0.25, 0.3) is 0 Å². The Hall–Kier alpha value is -0.330. The zero-order valence-electron chi connectivity index (χ0n) is 7.98. The molecule has 0 unspecified atom stereocenters. The van der Waals surface area contributed by atoms with E-state index >= 15 is 0 Å². The lowest BCUT2D eigenvalue weighted by molar-refractivity contribution is -0.122. The van der Waals surface area contributed by atoms with Gasteiger partial charge in [0.05, 0.1) is 0 Å². The molecule has 0 heterocycles. The highest BCUT2D eigenvalue weighted by atomic mass is 16.1. The Kier molecular flexibility index (Phi) is 2.08. The number of carbonyl (C=O) groups excluding carboxylic acids is 1. The molecule has 0 spiro atoms. The van der Waals surface area contributed by atoms with Crippen molar-refractivity contribution in [2.24, 2.45) is 17.3 Å². The summed E-state index contributed by atoms with van der Waals surface area (Å²) >= 11 is 0. The second-order valence-electron chi connectivity index (χ2n) is 4.35. The van der Waals surface area contributed by atoms with E-state index in [1.165, 1.54) is 0 Å². The van der Waals surface area contributed by atoms with Crippen LogP contribution in [0.25, 0.3) is 0 Å². The number of carbonyl (C=O) groups is 1. The van der Waals surface area contributed by atoms with Crippen LogP contribution in [0.1, 0.15) is 40.5 Å². The number of ketones is 1. The molecule has 1 fully saturated rings. The van der Waals surface area contributed by atoms with E-state index in [4.69, 9.17) is 0 Å². The van der Waals surface area contributed by atoms with Crippen LogP contribution >= 0.6 is 0 Å². The Balaban J connectivity index is 2.84. The maximum Gasteiger partial charge on any atom is 0.136 e. The van der Waals surface area contributed by atoms with E-state index in [9.17, 15) is 4.79 Å². The highest BCUT2D eigenvalue weighted by molar-refractivity contribution is 5.84. The van der Waals surface area contributed by atoms with E-state index < -0.39 is 0 Å². The molecule has 0 aromatic heterocycles. The molecule has 0 aromatic carbocycles. The van der Waals surface area contributed by atoms with E-state index in [-0.39, 0.29) is 5.41 Å². The topological polar surface area (TPSA) is 17.1 Å². The van der Waals surface area contributed by atoms with E-state index in [1.807, 2.05) is 0 Å². The minimum Gasteiger partial charge on any atom is -0.299 e. The summed E-state index contributed by atoms with van der Waals surface area (Å²) in [5.74, 6) is 1.36. The molecule has 0 aromatic rings. The first kappa shape index (κ1) is 8.76. The van der Waals surface area contributed by atoms with E-state index in [1.54, 1.807) is 0 Å². The van der Waals surface area contributed by atoms with Crippen LogP contribution < -0.4 is 0 Å². The normalized spacial score (nSPS) is 36.2. The highest BCUT2D eigenvalue weighted by Crippen LogP contribution is 2.46. The zero-order valence-corrected chi connectivity index (χ0v) is 7.98. The van der Waals surface area contributed by atoms with Crippen molar-refractivity contribution < 1.29 is 4.79 Å². The Morgan fingerprint density at radius 3 is 2.27 bits per heavy atom. The fourth-order valence-electron chi connectivity index (χ4n) is 2.22. The molecule has 0 bridgehead atoms. The maximum absolute atomic E-state index is 11.4. The van der Waals surface area contributed by atoms with Crippen LogP contribution in [0.5, 0.6) is 0 Å². The smallest absolute Gasteiger partial charge is 0.136 e. The number of hydrogen-bond acceptors (Lipinski definition) is 1. The van der Waals surface area contributed by atoms with Crippen LogP contribution in [0.4, 0.5) is 0 Å². The molecule has 1 aliphatic rings. The molecule has 64 valence electrons. The predicted octanol–water partition coefficient (Wildman–Crippen LogP) is 2.65. The highest BCUT2D eigenvalue weighted by Gasteiger charge is 2.44. The van der Waals surface area contributed by atoms with E-state index in [0.717, 1.165) is 12.8 Å². The van der Waals surface area contributed by atoms with Crippen molar-refractivity contribution >= 4 is 5.78 Å². The van der Waals surface area contributed by atoms with Gasteiger partial charge in [0.1, 0.15) is 5.78 Å². The van der Waals surface area contributed by atoms with Crippen molar-refractivity contribution in [2.75, 3.05) is 0 Å². The lowest BCUT2D eigenvalue weighted by atomic mass is 9.75. The van der Waals surface area contributed by atoms with Gasteiger partial charge in [-0.05, 0) is 17.8 Å². The fraction of sp³-hybridized carbons (Fsp3) is 0.900. The van der Waals surface area contributed by atoms with Gasteiger partial charge in [-0.15, -0.1) is 0 Å². The molecule has 1 heteroatoms. The molecule has 0 aliphatic heterocycles.